The first-order valence-corrected chi connectivity index (χ1v) is 9.23. The Hall–Kier alpha value is -2.74. The second kappa shape index (κ2) is 7.48. The number of ether oxygens (including phenoxy) is 1. The summed E-state index contributed by atoms with van der Waals surface area (Å²) >= 11 is 0. The summed E-state index contributed by atoms with van der Waals surface area (Å²) in [7, 11) is 0. The number of aromatic nitrogens is 3. The molecule has 1 N–H and O–H groups in total. The molecule has 1 saturated heterocycles. The Kier molecular flexibility index (Phi) is 4.89. The predicted molar refractivity (Wildman–Crippen MR) is 96.4 cm³/mol. The van der Waals surface area contributed by atoms with E-state index in [1.165, 1.54) is 0 Å². The molecule has 1 amide bonds. The fourth-order valence-electron chi connectivity index (χ4n) is 3.00. The summed E-state index contributed by atoms with van der Waals surface area (Å²) in [5, 5.41) is 6.82. The molecule has 4 rings (SSSR count). The van der Waals surface area contributed by atoms with Crippen molar-refractivity contribution in [1.82, 2.24) is 20.4 Å². The molecule has 1 aliphatic rings. The Labute approximate surface area is 156 Å². The lowest BCUT2D eigenvalue weighted by molar-refractivity contribution is 0.0835. The molecule has 0 radical (unpaired) electrons. The quantitative estimate of drug-likeness (QED) is 0.711. The summed E-state index contributed by atoms with van der Waals surface area (Å²) in [6, 6.07) is 5.25. The SMILES string of the molecule is CC(C)c1nc2cc(C(=O)NCCc3noc([C@H]4CCCO4)n3)ccc2o1. The van der Waals surface area contributed by atoms with Crippen molar-refractivity contribution in [3.8, 4) is 0 Å². The van der Waals surface area contributed by atoms with Crippen molar-refractivity contribution in [2.75, 3.05) is 13.2 Å². The van der Waals surface area contributed by atoms with E-state index in [1.54, 1.807) is 18.2 Å². The maximum atomic E-state index is 12.4. The van der Waals surface area contributed by atoms with Crippen LogP contribution in [0.2, 0.25) is 0 Å². The average Bonchev–Trinajstić information content (AvgIpc) is 3.40. The predicted octanol–water partition coefficient (Wildman–Crippen LogP) is 3.16. The minimum absolute atomic E-state index is 0.0919. The van der Waals surface area contributed by atoms with E-state index in [1.807, 2.05) is 13.8 Å². The molecule has 3 aromatic rings. The monoisotopic (exact) mass is 370 g/mol. The van der Waals surface area contributed by atoms with Gasteiger partial charge in [-0.1, -0.05) is 19.0 Å². The van der Waals surface area contributed by atoms with Crippen LogP contribution in [0, 0.1) is 0 Å². The number of amides is 1. The van der Waals surface area contributed by atoms with E-state index in [-0.39, 0.29) is 17.9 Å². The van der Waals surface area contributed by atoms with E-state index in [4.69, 9.17) is 13.7 Å². The molecule has 1 aromatic carbocycles. The number of hydrogen-bond acceptors (Lipinski definition) is 7. The number of oxazole rings is 1. The van der Waals surface area contributed by atoms with Crippen molar-refractivity contribution in [2.45, 2.75) is 45.1 Å². The third kappa shape index (κ3) is 3.85. The van der Waals surface area contributed by atoms with Crippen LogP contribution in [0.4, 0.5) is 0 Å². The van der Waals surface area contributed by atoms with Gasteiger partial charge in [-0.15, -0.1) is 0 Å². The van der Waals surface area contributed by atoms with Crippen LogP contribution in [-0.4, -0.2) is 34.2 Å². The molecule has 0 aliphatic carbocycles. The molecular weight excluding hydrogens is 348 g/mol. The van der Waals surface area contributed by atoms with Crippen molar-refractivity contribution in [3.63, 3.8) is 0 Å². The highest BCUT2D eigenvalue weighted by atomic mass is 16.5. The molecule has 27 heavy (non-hydrogen) atoms. The van der Waals surface area contributed by atoms with Crippen molar-refractivity contribution in [2.24, 2.45) is 0 Å². The lowest BCUT2D eigenvalue weighted by atomic mass is 10.2. The summed E-state index contributed by atoms with van der Waals surface area (Å²) in [5.74, 6) is 1.78. The molecule has 1 fully saturated rings. The van der Waals surface area contributed by atoms with Crippen molar-refractivity contribution in [1.29, 1.82) is 0 Å². The third-order valence-corrected chi connectivity index (χ3v) is 4.48. The summed E-state index contributed by atoms with van der Waals surface area (Å²) in [6.07, 6.45) is 2.31. The smallest absolute Gasteiger partial charge is 0.255 e. The van der Waals surface area contributed by atoms with Gasteiger partial charge in [-0.25, -0.2) is 4.98 Å². The number of nitrogens with zero attached hydrogens (tertiary/aromatic N) is 3. The maximum Gasteiger partial charge on any atom is 0.255 e. The van der Waals surface area contributed by atoms with Gasteiger partial charge in [0.05, 0.1) is 0 Å². The van der Waals surface area contributed by atoms with Crippen LogP contribution in [0.25, 0.3) is 11.1 Å². The summed E-state index contributed by atoms with van der Waals surface area (Å²) in [6.45, 7) is 5.17. The van der Waals surface area contributed by atoms with Gasteiger partial charge in [0.2, 0.25) is 0 Å². The normalized spacial score (nSPS) is 17.1. The topological polar surface area (TPSA) is 103 Å². The summed E-state index contributed by atoms with van der Waals surface area (Å²) in [5.41, 5.74) is 1.91. The van der Waals surface area contributed by atoms with Gasteiger partial charge in [0, 0.05) is 31.1 Å². The molecule has 1 aliphatic heterocycles. The molecule has 3 heterocycles. The molecule has 0 unspecified atom stereocenters. The fourth-order valence-corrected chi connectivity index (χ4v) is 3.00. The largest absolute Gasteiger partial charge is 0.440 e. The van der Waals surface area contributed by atoms with Crippen LogP contribution in [0.5, 0.6) is 0 Å². The minimum Gasteiger partial charge on any atom is -0.440 e. The van der Waals surface area contributed by atoms with Gasteiger partial charge in [0.25, 0.3) is 11.8 Å². The second-order valence-electron chi connectivity index (χ2n) is 6.95. The van der Waals surface area contributed by atoms with Crippen molar-refractivity contribution < 1.29 is 18.5 Å². The Morgan fingerprint density at radius 2 is 2.22 bits per heavy atom. The fraction of sp³-hybridized carbons (Fsp3) is 0.474. The van der Waals surface area contributed by atoms with E-state index in [9.17, 15) is 4.79 Å². The van der Waals surface area contributed by atoms with E-state index in [2.05, 4.69) is 20.4 Å². The number of nitrogens with one attached hydrogen (secondary N) is 1. The summed E-state index contributed by atoms with van der Waals surface area (Å²) in [4.78, 5) is 21.2. The van der Waals surface area contributed by atoms with Crippen LogP contribution in [0.15, 0.2) is 27.1 Å². The van der Waals surface area contributed by atoms with E-state index < -0.39 is 0 Å². The molecule has 0 spiro atoms. The highest BCUT2D eigenvalue weighted by molar-refractivity contribution is 5.97. The van der Waals surface area contributed by atoms with E-state index in [0.29, 0.717) is 47.2 Å². The molecule has 2 aromatic heterocycles. The van der Waals surface area contributed by atoms with Gasteiger partial charge < -0.3 is 19.0 Å². The zero-order valence-corrected chi connectivity index (χ0v) is 15.4. The van der Waals surface area contributed by atoms with Crippen LogP contribution in [0.1, 0.15) is 66.7 Å². The Bertz CT molecular complexity index is 940. The second-order valence-corrected chi connectivity index (χ2v) is 6.95. The number of benzene rings is 1. The minimum atomic E-state index is -0.172. The van der Waals surface area contributed by atoms with Crippen molar-refractivity contribution >= 4 is 17.0 Å². The van der Waals surface area contributed by atoms with Gasteiger partial charge >= 0.3 is 0 Å². The molecule has 0 bridgehead atoms. The zero-order chi connectivity index (χ0) is 18.8. The molecule has 1 atom stereocenters. The maximum absolute atomic E-state index is 12.4. The highest BCUT2D eigenvalue weighted by Crippen LogP contribution is 2.27. The molecule has 142 valence electrons. The average molecular weight is 370 g/mol. The number of rotatable bonds is 6. The number of carbonyl (C=O) groups excluding carboxylic acids is 1. The zero-order valence-electron chi connectivity index (χ0n) is 15.4. The molecular formula is C19H22N4O4. The van der Waals surface area contributed by atoms with Gasteiger partial charge in [0.1, 0.15) is 11.6 Å². The Morgan fingerprint density at radius 1 is 1.33 bits per heavy atom. The first-order chi connectivity index (χ1) is 13.1. The number of fused-ring (bicyclic) bond motifs is 1. The molecule has 8 nitrogen and oxygen atoms in total. The summed E-state index contributed by atoms with van der Waals surface area (Å²) < 4.78 is 16.4. The third-order valence-electron chi connectivity index (χ3n) is 4.48. The molecule has 8 heteroatoms. The highest BCUT2D eigenvalue weighted by Gasteiger charge is 2.23. The van der Waals surface area contributed by atoms with Gasteiger partial charge in [-0.2, -0.15) is 4.98 Å². The first kappa shape index (κ1) is 17.7. The van der Waals surface area contributed by atoms with Crippen LogP contribution in [-0.2, 0) is 11.2 Å². The molecule has 0 saturated carbocycles. The van der Waals surface area contributed by atoms with Crippen LogP contribution in [0.3, 0.4) is 0 Å². The van der Waals surface area contributed by atoms with E-state index in [0.717, 1.165) is 19.4 Å². The lowest BCUT2D eigenvalue weighted by Gasteiger charge is -2.03. The Morgan fingerprint density at radius 3 is 3.00 bits per heavy atom. The van der Waals surface area contributed by atoms with Gasteiger partial charge in [0.15, 0.2) is 17.3 Å². The van der Waals surface area contributed by atoms with Crippen molar-refractivity contribution in [3.05, 3.63) is 41.4 Å². The van der Waals surface area contributed by atoms with Gasteiger partial charge in [-0.3, -0.25) is 4.79 Å². The standard InChI is InChI=1S/C19H22N4O4/c1-11(2)18-21-13-10-12(5-6-14(13)26-18)17(24)20-8-7-16-22-19(27-23-16)15-4-3-9-25-15/h5-6,10-11,15H,3-4,7-9H2,1-2H3,(H,20,24)/t15-/m1/s1. The lowest BCUT2D eigenvalue weighted by Crippen LogP contribution is -2.25. The van der Waals surface area contributed by atoms with Crippen LogP contribution < -0.4 is 5.32 Å². The number of carbonyl (C=O) groups is 1. The van der Waals surface area contributed by atoms with Gasteiger partial charge in [-0.05, 0) is 31.0 Å². The van der Waals surface area contributed by atoms with Crippen LogP contribution >= 0.6 is 0 Å². The first-order valence-electron chi connectivity index (χ1n) is 9.23. The van der Waals surface area contributed by atoms with E-state index >= 15 is 0 Å². The number of hydrogen-bond donors (Lipinski definition) is 1. The Balaban J connectivity index is 1.34.